The van der Waals surface area contributed by atoms with E-state index in [0.29, 0.717) is 0 Å². The Hall–Kier alpha value is -2.71. The van der Waals surface area contributed by atoms with Crippen LogP contribution in [0.4, 0.5) is 19.1 Å². The van der Waals surface area contributed by atoms with E-state index in [9.17, 15) is 13.2 Å². The third-order valence-electron chi connectivity index (χ3n) is 2.65. The number of benzene rings is 1. The normalized spacial score (nSPS) is 11.9. The Morgan fingerprint density at radius 2 is 1.95 bits per heavy atom. The van der Waals surface area contributed by atoms with E-state index in [0.717, 1.165) is 12.1 Å². The topological polar surface area (TPSA) is 82.0 Å². The van der Waals surface area contributed by atoms with E-state index < -0.39 is 11.7 Å². The molecule has 0 amide bonds. The fourth-order valence-corrected chi connectivity index (χ4v) is 1.71. The Labute approximate surface area is 110 Å². The highest BCUT2D eigenvalue weighted by molar-refractivity contribution is 5.61. The minimum atomic E-state index is -4.41. The van der Waals surface area contributed by atoms with Crippen molar-refractivity contribution < 1.29 is 13.2 Å². The van der Waals surface area contributed by atoms with Gasteiger partial charge in [-0.3, -0.25) is 0 Å². The van der Waals surface area contributed by atoms with Gasteiger partial charge in [0.05, 0.1) is 17.5 Å². The zero-order chi connectivity index (χ0) is 14.3. The van der Waals surface area contributed by atoms with Crippen molar-refractivity contribution in [2.45, 2.75) is 6.18 Å². The molecule has 0 radical (unpaired) electrons. The maximum absolute atomic E-state index is 12.7. The van der Waals surface area contributed by atoms with E-state index in [4.69, 9.17) is 5.73 Å². The van der Waals surface area contributed by atoms with Gasteiger partial charge in [-0.05, 0) is 12.1 Å². The van der Waals surface area contributed by atoms with Crippen molar-refractivity contribution in [2.75, 3.05) is 5.73 Å². The minimum absolute atomic E-state index is 0.0584. The fourth-order valence-electron chi connectivity index (χ4n) is 1.71. The molecule has 0 aliphatic heterocycles. The summed E-state index contributed by atoms with van der Waals surface area (Å²) < 4.78 is 39.2. The second-order valence-corrected chi connectivity index (χ2v) is 3.99. The van der Waals surface area contributed by atoms with Gasteiger partial charge < -0.3 is 5.73 Å². The summed E-state index contributed by atoms with van der Waals surface area (Å²) in [4.78, 5) is 4.07. The molecule has 102 valence electrons. The highest BCUT2D eigenvalue weighted by atomic mass is 19.4. The van der Waals surface area contributed by atoms with Crippen molar-refractivity contribution in [3.63, 3.8) is 0 Å². The van der Waals surface area contributed by atoms with Crippen LogP contribution >= 0.6 is 0 Å². The monoisotopic (exact) mass is 280 g/mol. The van der Waals surface area contributed by atoms with Gasteiger partial charge in [-0.15, -0.1) is 10.2 Å². The number of alkyl halides is 3. The molecular formula is C11H7F3N6. The lowest BCUT2D eigenvalue weighted by Gasteiger charge is -2.08. The standard InChI is InChI=1S/C11H7F3N6/c12-11(13,14)7-3-1-2-6(4-7)8-5-16-20-9(15)18-19-10(20)17-8/h1-5H,(H2,15,18). The second-order valence-electron chi connectivity index (χ2n) is 3.99. The zero-order valence-electron chi connectivity index (χ0n) is 9.83. The van der Waals surface area contributed by atoms with Crippen LogP contribution < -0.4 is 5.73 Å². The molecule has 0 fully saturated rings. The van der Waals surface area contributed by atoms with Crippen molar-refractivity contribution in [3.8, 4) is 11.3 Å². The Morgan fingerprint density at radius 1 is 1.15 bits per heavy atom. The number of aromatic nitrogens is 5. The number of nitrogen functional groups attached to an aromatic ring is 1. The number of rotatable bonds is 1. The number of fused-ring (bicyclic) bond motifs is 1. The summed E-state index contributed by atoms with van der Waals surface area (Å²) in [5.41, 5.74) is 5.28. The first-order chi connectivity index (χ1) is 9.45. The first kappa shape index (κ1) is 12.3. The van der Waals surface area contributed by atoms with Gasteiger partial charge in [0, 0.05) is 5.56 Å². The first-order valence-electron chi connectivity index (χ1n) is 5.47. The molecule has 0 bridgehead atoms. The molecule has 3 aromatic rings. The predicted molar refractivity (Wildman–Crippen MR) is 63.4 cm³/mol. The number of anilines is 1. The van der Waals surface area contributed by atoms with Crippen LogP contribution in [-0.2, 0) is 6.18 Å². The van der Waals surface area contributed by atoms with Crippen LogP contribution in [0.25, 0.3) is 17.0 Å². The second kappa shape index (κ2) is 4.15. The van der Waals surface area contributed by atoms with E-state index >= 15 is 0 Å². The summed E-state index contributed by atoms with van der Waals surface area (Å²) in [5.74, 6) is 0.181. The molecule has 2 N–H and O–H groups in total. The SMILES string of the molecule is Nc1nnc2nc(-c3cccc(C(F)(F)F)c3)cnn12. The van der Waals surface area contributed by atoms with E-state index in [1.807, 2.05) is 0 Å². The molecule has 0 aliphatic rings. The summed E-state index contributed by atoms with van der Waals surface area (Å²) in [6.45, 7) is 0. The average molecular weight is 280 g/mol. The highest BCUT2D eigenvalue weighted by Crippen LogP contribution is 2.31. The third kappa shape index (κ3) is 2.02. The predicted octanol–water partition coefficient (Wildman–Crippen LogP) is 1.79. The van der Waals surface area contributed by atoms with Gasteiger partial charge in [-0.25, -0.2) is 4.98 Å². The maximum atomic E-state index is 12.7. The van der Waals surface area contributed by atoms with Crippen LogP contribution in [0, 0.1) is 0 Å². The summed E-state index contributed by atoms with van der Waals surface area (Å²) in [6, 6.07) is 4.81. The number of nitrogens with two attached hydrogens (primary N) is 1. The third-order valence-corrected chi connectivity index (χ3v) is 2.65. The summed E-state index contributed by atoms with van der Waals surface area (Å²) in [5, 5.41) is 11.2. The molecule has 0 saturated heterocycles. The van der Waals surface area contributed by atoms with Gasteiger partial charge in [0.25, 0.3) is 5.78 Å². The van der Waals surface area contributed by atoms with Gasteiger partial charge in [0.15, 0.2) is 0 Å². The lowest BCUT2D eigenvalue weighted by molar-refractivity contribution is -0.137. The summed E-state index contributed by atoms with van der Waals surface area (Å²) >= 11 is 0. The molecule has 2 heterocycles. The van der Waals surface area contributed by atoms with Gasteiger partial charge >= 0.3 is 6.18 Å². The van der Waals surface area contributed by atoms with Gasteiger partial charge in [0.2, 0.25) is 5.95 Å². The van der Waals surface area contributed by atoms with E-state index in [-0.39, 0.29) is 23.0 Å². The highest BCUT2D eigenvalue weighted by Gasteiger charge is 2.30. The van der Waals surface area contributed by atoms with Crippen LogP contribution in [0.2, 0.25) is 0 Å². The Kier molecular flexibility index (Phi) is 2.56. The van der Waals surface area contributed by atoms with Crippen LogP contribution in [0.15, 0.2) is 30.5 Å². The minimum Gasteiger partial charge on any atom is -0.366 e. The quantitative estimate of drug-likeness (QED) is 0.734. The molecular weight excluding hydrogens is 273 g/mol. The first-order valence-corrected chi connectivity index (χ1v) is 5.47. The molecule has 0 aliphatic carbocycles. The molecule has 0 spiro atoms. The molecule has 6 nitrogen and oxygen atoms in total. The van der Waals surface area contributed by atoms with Crippen LogP contribution in [-0.4, -0.2) is 24.8 Å². The van der Waals surface area contributed by atoms with E-state index in [2.05, 4.69) is 20.3 Å². The van der Waals surface area contributed by atoms with E-state index in [1.54, 1.807) is 0 Å². The fraction of sp³-hybridized carbons (Fsp3) is 0.0909. The maximum Gasteiger partial charge on any atom is 0.416 e. The molecule has 9 heteroatoms. The van der Waals surface area contributed by atoms with Gasteiger partial charge in [-0.1, -0.05) is 12.1 Å². The van der Waals surface area contributed by atoms with Crippen molar-refractivity contribution >= 4 is 11.7 Å². The molecule has 2 aromatic heterocycles. The van der Waals surface area contributed by atoms with Crippen molar-refractivity contribution in [3.05, 3.63) is 36.0 Å². The largest absolute Gasteiger partial charge is 0.416 e. The summed E-state index contributed by atoms with van der Waals surface area (Å²) in [7, 11) is 0. The smallest absolute Gasteiger partial charge is 0.366 e. The molecule has 0 saturated carbocycles. The van der Waals surface area contributed by atoms with Crippen LogP contribution in [0.5, 0.6) is 0 Å². The van der Waals surface area contributed by atoms with Crippen LogP contribution in [0.3, 0.4) is 0 Å². The molecule has 20 heavy (non-hydrogen) atoms. The number of hydrogen-bond acceptors (Lipinski definition) is 5. The van der Waals surface area contributed by atoms with Gasteiger partial charge in [0.1, 0.15) is 0 Å². The zero-order valence-corrected chi connectivity index (χ0v) is 9.83. The van der Waals surface area contributed by atoms with Crippen molar-refractivity contribution in [1.82, 2.24) is 24.8 Å². The lowest BCUT2D eigenvalue weighted by Crippen LogP contribution is -2.05. The average Bonchev–Trinajstić information content (AvgIpc) is 2.79. The molecule has 0 unspecified atom stereocenters. The molecule has 0 atom stereocenters. The number of hydrogen-bond donors (Lipinski definition) is 1. The Bertz CT molecular complexity index is 779. The molecule has 3 rings (SSSR count). The van der Waals surface area contributed by atoms with Crippen LogP contribution in [0.1, 0.15) is 5.56 Å². The van der Waals surface area contributed by atoms with E-state index in [1.165, 1.54) is 22.8 Å². The summed E-state index contributed by atoms with van der Waals surface area (Å²) in [6.07, 6.45) is -3.10. The van der Waals surface area contributed by atoms with Crippen molar-refractivity contribution in [2.24, 2.45) is 0 Å². The Balaban J connectivity index is 2.11. The lowest BCUT2D eigenvalue weighted by atomic mass is 10.1. The molecule has 1 aromatic carbocycles. The van der Waals surface area contributed by atoms with Gasteiger partial charge in [-0.2, -0.15) is 22.8 Å². The number of halogens is 3. The Morgan fingerprint density at radius 3 is 2.70 bits per heavy atom. The number of nitrogens with zero attached hydrogens (tertiary/aromatic N) is 5. The van der Waals surface area contributed by atoms with Crippen molar-refractivity contribution in [1.29, 1.82) is 0 Å².